The van der Waals surface area contributed by atoms with E-state index in [-0.39, 0.29) is 23.7 Å². The lowest BCUT2D eigenvalue weighted by Crippen LogP contribution is -2.50. The molecular formula is C24H34F2N4O3. The van der Waals surface area contributed by atoms with E-state index in [2.05, 4.69) is 27.9 Å². The van der Waals surface area contributed by atoms with Gasteiger partial charge in [-0.2, -0.15) is 4.99 Å². The summed E-state index contributed by atoms with van der Waals surface area (Å²) >= 11 is 0. The molecule has 2 amide bonds. The molecule has 0 saturated heterocycles. The van der Waals surface area contributed by atoms with Crippen LogP contribution in [0.1, 0.15) is 75.6 Å². The van der Waals surface area contributed by atoms with Crippen molar-refractivity contribution in [2.75, 3.05) is 6.61 Å². The van der Waals surface area contributed by atoms with E-state index in [4.69, 9.17) is 4.74 Å². The minimum atomic E-state index is -1.08. The summed E-state index contributed by atoms with van der Waals surface area (Å²) in [4.78, 5) is 28.5. The number of benzene rings is 1. The van der Waals surface area contributed by atoms with Crippen LogP contribution in [0.2, 0.25) is 0 Å². The number of aliphatic imine (C=N–C) groups is 1. The van der Waals surface area contributed by atoms with Crippen molar-refractivity contribution in [3.05, 3.63) is 35.4 Å². The molecule has 0 spiro atoms. The Bertz CT molecular complexity index is 848. The van der Waals surface area contributed by atoms with Crippen LogP contribution < -0.4 is 16.0 Å². The maximum absolute atomic E-state index is 13.6. The van der Waals surface area contributed by atoms with Crippen LogP contribution in [0.15, 0.2) is 23.2 Å². The number of nitrogens with zero attached hydrogens (tertiary/aromatic N) is 1. The zero-order valence-electron chi connectivity index (χ0n) is 19.3. The molecule has 1 aromatic carbocycles. The summed E-state index contributed by atoms with van der Waals surface area (Å²) in [5.74, 6) is -1.66. The molecule has 2 saturated carbocycles. The van der Waals surface area contributed by atoms with Gasteiger partial charge in [0.25, 0.3) is 5.91 Å². The van der Waals surface area contributed by atoms with E-state index < -0.39 is 23.6 Å². The molecule has 0 bridgehead atoms. The number of carbonyl (C=O) groups excluding carboxylic acids is 2. The SMILES string of the molecule is CCOC(=O)N[C@H]1CC[C@H](N/C(=N\C(=O)c2ccc(F)c(F)c2)NC2CCC(C)CC2)CC1. The van der Waals surface area contributed by atoms with Gasteiger partial charge in [0, 0.05) is 23.7 Å². The lowest BCUT2D eigenvalue weighted by atomic mass is 9.87. The number of ether oxygens (including phenoxy) is 1. The first-order valence-electron chi connectivity index (χ1n) is 11.9. The first-order chi connectivity index (χ1) is 15.8. The molecule has 0 unspecified atom stereocenters. The standard InChI is InChI=1S/C24H34F2N4O3/c1-3-33-24(32)29-19-11-9-18(10-12-19)28-23(27-17-7-4-15(2)5-8-17)30-22(31)16-6-13-20(25)21(26)14-16/h6,13-15,17-19H,3-5,7-12H2,1-2H3,(H,29,32)(H2,27,28,30,31)/t15?,17?,18-,19-. The molecule has 0 atom stereocenters. The predicted octanol–water partition coefficient (Wildman–Crippen LogP) is 4.28. The molecule has 7 nitrogen and oxygen atoms in total. The number of hydrogen-bond acceptors (Lipinski definition) is 3. The van der Waals surface area contributed by atoms with Crippen LogP contribution in [0.3, 0.4) is 0 Å². The van der Waals surface area contributed by atoms with Crippen molar-refractivity contribution in [2.24, 2.45) is 10.9 Å². The molecule has 0 aliphatic heterocycles. The van der Waals surface area contributed by atoms with Gasteiger partial charge in [-0.3, -0.25) is 4.79 Å². The van der Waals surface area contributed by atoms with Crippen molar-refractivity contribution in [1.82, 2.24) is 16.0 Å². The van der Waals surface area contributed by atoms with E-state index >= 15 is 0 Å². The summed E-state index contributed by atoms with van der Waals surface area (Å²) in [5.41, 5.74) is -0.00499. The summed E-state index contributed by atoms with van der Waals surface area (Å²) in [6.45, 7) is 4.34. The minimum absolute atomic E-state index is 0.00499. The maximum Gasteiger partial charge on any atom is 0.407 e. The fraction of sp³-hybridized carbons (Fsp3) is 0.625. The molecule has 2 fully saturated rings. The summed E-state index contributed by atoms with van der Waals surface area (Å²) in [6.07, 6.45) is 6.91. The average molecular weight is 465 g/mol. The van der Waals surface area contributed by atoms with Gasteiger partial charge in [0.15, 0.2) is 17.6 Å². The topological polar surface area (TPSA) is 91.8 Å². The lowest BCUT2D eigenvalue weighted by Gasteiger charge is -2.32. The molecule has 0 aromatic heterocycles. The van der Waals surface area contributed by atoms with E-state index in [0.717, 1.165) is 63.5 Å². The van der Waals surface area contributed by atoms with E-state index in [9.17, 15) is 18.4 Å². The fourth-order valence-corrected chi connectivity index (χ4v) is 4.41. The Balaban J connectivity index is 1.64. The number of halogens is 2. The number of carbonyl (C=O) groups is 2. The van der Waals surface area contributed by atoms with E-state index in [1.54, 1.807) is 6.92 Å². The highest BCUT2D eigenvalue weighted by atomic mass is 19.2. The normalized spacial score (nSPS) is 25.8. The average Bonchev–Trinajstić information content (AvgIpc) is 2.78. The van der Waals surface area contributed by atoms with Gasteiger partial charge in [0.2, 0.25) is 0 Å². The Morgan fingerprint density at radius 1 is 0.909 bits per heavy atom. The van der Waals surface area contributed by atoms with Crippen molar-refractivity contribution < 1.29 is 23.1 Å². The van der Waals surface area contributed by atoms with Crippen LogP contribution in [0.4, 0.5) is 13.6 Å². The van der Waals surface area contributed by atoms with E-state index in [1.165, 1.54) is 6.07 Å². The van der Waals surface area contributed by atoms with Gasteiger partial charge in [-0.05, 0) is 82.4 Å². The molecule has 182 valence electrons. The molecule has 33 heavy (non-hydrogen) atoms. The Kier molecular flexibility index (Phi) is 9.03. The molecule has 3 N–H and O–H groups in total. The largest absolute Gasteiger partial charge is 0.450 e. The van der Waals surface area contributed by atoms with Gasteiger partial charge in [0.1, 0.15) is 0 Å². The summed E-state index contributed by atoms with van der Waals surface area (Å²) in [7, 11) is 0. The predicted molar refractivity (Wildman–Crippen MR) is 122 cm³/mol. The highest BCUT2D eigenvalue weighted by Crippen LogP contribution is 2.24. The number of alkyl carbamates (subject to hydrolysis) is 1. The van der Waals surface area contributed by atoms with Crippen LogP contribution in [-0.2, 0) is 4.74 Å². The monoisotopic (exact) mass is 464 g/mol. The maximum atomic E-state index is 13.6. The number of rotatable bonds is 5. The van der Waals surface area contributed by atoms with Gasteiger partial charge in [0.05, 0.1) is 6.61 Å². The Hall–Kier alpha value is -2.71. The van der Waals surface area contributed by atoms with Crippen molar-refractivity contribution in [2.45, 2.75) is 83.3 Å². The smallest absolute Gasteiger partial charge is 0.407 e. The zero-order valence-corrected chi connectivity index (χ0v) is 19.3. The number of nitrogens with one attached hydrogen (secondary N) is 3. The van der Waals surface area contributed by atoms with Crippen LogP contribution in [0, 0.1) is 17.6 Å². The van der Waals surface area contributed by atoms with Gasteiger partial charge in [-0.15, -0.1) is 0 Å². The van der Waals surface area contributed by atoms with Crippen LogP contribution in [-0.4, -0.2) is 42.7 Å². The van der Waals surface area contributed by atoms with Crippen molar-refractivity contribution in [1.29, 1.82) is 0 Å². The fourth-order valence-electron chi connectivity index (χ4n) is 4.41. The highest BCUT2D eigenvalue weighted by Gasteiger charge is 2.25. The molecule has 0 heterocycles. The van der Waals surface area contributed by atoms with Gasteiger partial charge >= 0.3 is 6.09 Å². The van der Waals surface area contributed by atoms with Crippen LogP contribution in [0.5, 0.6) is 0 Å². The first-order valence-corrected chi connectivity index (χ1v) is 11.9. The molecule has 2 aliphatic rings. The van der Waals surface area contributed by atoms with Crippen LogP contribution in [0.25, 0.3) is 0 Å². The molecule has 0 radical (unpaired) electrons. The molecule has 1 aromatic rings. The third-order valence-corrected chi connectivity index (χ3v) is 6.40. The molecule has 9 heteroatoms. The second-order valence-corrected chi connectivity index (χ2v) is 9.05. The first kappa shape index (κ1) is 24.9. The van der Waals surface area contributed by atoms with Gasteiger partial charge in [-0.25, -0.2) is 13.6 Å². The molecule has 2 aliphatic carbocycles. The zero-order chi connectivity index (χ0) is 23.8. The Labute approximate surface area is 193 Å². The Morgan fingerprint density at radius 2 is 1.45 bits per heavy atom. The summed E-state index contributed by atoms with van der Waals surface area (Å²) in [6, 6.07) is 3.37. The summed E-state index contributed by atoms with van der Waals surface area (Å²) in [5, 5.41) is 9.59. The van der Waals surface area contributed by atoms with Gasteiger partial charge < -0.3 is 20.7 Å². The Morgan fingerprint density at radius 3 is 2.00 bits per heavy atom. The summed E-state index contributed by atoms with van der Waals surface area (Å²) < 4.78 is 31.8. The quantitative estimate of drug-likeness (QED) is 0.447. The van der Waals surface area contributed by atoms with Crippen molar-refractivity contribution in [3.8, 4) is 0 Å². The van der Waals surface area contributed by atoms with Crippen molar-refractivity contribution in [3.63, 3.8) is 0 Å². The highest BCUT2D eigenvalue weighted by molar-refractivity contribution is 6.02. The number of hydrogen-bond donors (Lipinski definition) is 3. The number of amides is 2. The third-order valence-electron chi connectivity index (χ3n) is 6.40. The van der Waals surface area contributed by atoms with E-state index in [0.29, 0.717) is 18.5 Å². The third kappa shape index (κ3) is 7.68. The number of guanidine groups is 1. The molecular weight excluding hydrogens is 430 g/mol. The second-order valence-electron chi connectivity index (χ2n) is 9.05. The molecule has 3 rings (SSSR count). The second kappa shape index (κ2) is 12.0. The lowest BCUT2D eigenvalue weighted by molar-refractivity contribution is 0.100. The van der Waals surface area contributed by atoms with Crippen LogP contribution >= 0.6 is 0 Å². The van der Waals surface area contributed by atoms with Crippen molar-refractivity contribution >= 4 is 18.0 Å². The van der Waals surface area contributed by atoms with E-state index in [1.807, 2.05) is 0 Å². The van der Waals surface area contributed by atoms with Gasteiger partial charge in [-0.1, -0.05) is 6.92 Å². The minimum Gasteiger partial charge on any atom is -0.450 e.